The van der Waals surface area contributed by atoms with Crippen molar-refractivity contribution < 1.29 is 9.90 Å². The normalized spacial score (nSPS) is 15.5. The quantitative estimate of drug-likeness (QED) is 0.895. The van der Waals surface area contributed by atoms with Gasteiger partial charge in [-0.2, -0.15) is 0 Å². The molecule has 1 aliphatic carbocycles. The van der Waals surface area contributed by atoms with Gasteiger partial charge in [0.15, 0.2) is 0 Å². The molecule has 0 saturated carbocycles. The number of aliphatic hydroxyl groups excluding tert-OH is 1. The Morgan fingerprint density at radius 1 is 1.35 bits per heavy atom. The summed E-state index contributed by atoms with van der Waals surface area (Å²) < 4.78 is 1.60. The van der Waals surface area contributed by atoms with E-state index in [4.69, 9.17) is 0 Å². The fourth-order valence-electron chi connectivity index (χ4n) is 1.90. The Balaban J connectivity index is 2.06. The Morgan fingerprint density at radius 2 is 2.12 bits per heavy atom. The standard InChI is InChI=1S/C9H9O2.C5H5.In/c10-6-9(7-11)8-4-2-1-3-5-8;1-2-4-5-3-1;/h1-5,9-10H,6H2;1-3H,4H2;. The average Bonchev–Trinajstić information content (AvgIpc) is 2.84. The van der Waals surface area contributed by atoms with Crippen molar-refractivity contribution in [3.8, 4) is 0 Å². The van der Waals surface area contributed by atoms with E-state index in [0.29, 0.717) is 0 Å². The van der Waals surface area contributed by atoms with Gasteiger partial charge >= 0.3 is 113 Å². The zero-order valence-corrected chi connectivity index (χ0v) is 12.8. The number of benzene rings is 1. The van der Waals surface area contributed by atoms with E-state index in [1.54, 1.807) is 0 Å². The second-order valence-corrected chi connectivity index (χ2v) is 8.63. The van der Waals surface area contributed by atoms with Crippen molar-refractivity contribution in [1.29, 1.82) is 0 Å². The number of aliphatic hydroxyl groups is 1. The number of hydrogen-bond donors (Lipinski definition) is 1. The van der Waals surface area contributed by atoms with Crippen molar-refractivity contribution in [3.05, 3.63) is 57.5 Å². The molecule has 0 saturated heterocycles. The van der Waals surface area contributed by atoms with Gasteiger partial charge in [-0.1, -0.05) is 0 Å². The molecule has 2 rings (SSSR count). The maximum atomic E-state index is 12.2. The Kier molecular flexibility index (Phi) is 4.63. The zero-order valence-electron chi connectivity index (χ0n) is 9.54. The van der Waals surface area contributed by atoms with E-state index in [2.05, 4.69) is 12.2 Å². The first-order valence-electron chi connectivity index (χ1n) is 5.71. The molecule has 1 aliphatic rings. The van der Waals surface area contributed by atoms with Crippen LogP contribution in [-0.2, 0) is 4.79 Å². The fraction of sp³-hybridized carbons (Fsp3) is 0.214. The van der Waals surface area contributed by atoms with Gasteiger partial charge in [0.1, 0.15) is 0 Å². The van der Waals surface area contributed by atoms with Crippen LogP contribution in [0.15, 0.2) is 51.9 Å². The second kappa shape index (κ2) is 6.22. The first-order valence-corrected chi connectivity index (χ1v) is 9.01. The fourth-order valence-corrected chi connectivity index (χ4v) is 5.68. The summed E-state index contributed by atoms with van der Waals surface area (Å²) >= 11 is -1.38. The molecule has 1 unspecified atom stereocenters. The molecule has 0 heterocycles. The van der Waals surface area contributed by atoms with Crippen molar-refractivity contribution in [2.45, 2.75) is 12.3 Å². The summed E-state index contributed by atoms with van der Waals surface area (Å²) in [6, 6.07) is 9.59. The molecule has 17 heavy (non-hydrogen) atoms. The first kappa shape index (κ1) is 12.7. The minimum atomic E-state index is -1.38. The van der Waals surface area contributed by atoms with Gasteiger partial charge in [-0.15, -0.1) is 0 Å². The predicted octanol–water partition coefficient (Wildman–Crippen LogP) is 1.84. The summed E-state index contributed by atoms with van der Waals surface area (Å²) in [5.41, 5.74) is 0.942. The summed E-state index contributed by atoms with van der Waals surface area (Å²) in [5.74, 6) is -0.307. The van der Waals surface area contributed by atoms with Gasteiger partial charge in [-0.05, 0) is 0 Å². The number of rotatable bonds is 5. The van der Waals surface area contributed by atoms with Crippen LogP contribution >= 0.6 is 0 Å². The van der Waals surface area contributed by atoms with E-state index in [0.717, 1.165) is 12.0 Å². The summed E-state index contributed by atoms with van der Waals surface area (Å²) in [6.07, 6.45) is 7.12. The van der Waals surface area contributed by atoms with E-state index in [1.165, 1.54) is 3.33 Å². The van der Waals surface area contributed by atoms with Crippen molar-refractivity contribution >= 4 is 26.4 Å². The molecule has 1 atom stereocenters. The van der Waals surface area contributed by atoms with Crippen LogP contribution in [0, 0.1) is 0 Å². The monoisotopic (exact) mass is 329 g/mol. The van der Waals surface area contributed by atoms with Crippen LogP contribution in [0.5, 0.6) is 0 Å². The summed E-state index contributed by atoms with van der Waals surface area (Å²) in [4.78, 5) is 12.2. The topological polar surface area (TPSA) is 37.3 Å². The molecule has 0 amide bonds. The number of hydrogen-bond acceptors (Lipinski definition) is 2. The number of allylic oxidation sites excluding steroid dienone is 4. The summed E-state index contributed by atoms with van der Waals surface area (Å²) in [6.45, 7) is -0.0740. The van der Waals surface area contributed by atoms with E-state index < -0.39 is 22.9 Å². The summed E-state index contributed by atoms with van der Waals surface area (Å²) in [5, 5.41) is 9.40. The first-order chi connectivity index (χ1) is 8.31. The van der Waals surface area contributed by atoms with Crippen LogP contribution in [0.4, 0.5) is 0 Å². The van der Waals surface area contributed by atoms with Gasteiger partial charge in [0.25, 0.3) is 0 Å². The molecule has 0 fully saturated rings. The zero-order chi connectivity index (χ0) is 12.1. The van der Waals surface area contributed by atoms with Gasteiger partial charge in [0.05, 0.1) is 0 Å². The minimum absolute atomic E-state index is 0.0740. The molecule has 0 aromatic heterocycles. The van der Waals surface area contributed by atoms with E-state index >= 15 is 0 Å². The van der Waals surface area contributed by atoms with Gasteiger partial charge < -0.3 is 0 Å². The van der Waals surface area contributed by atoms with Crippen molar-refractivity contribution in [2.24, 2.45) is 0 Å². The SMILES string of the molecule is O=[C]([In][C]1=CC=CC1)C(CO)c1ccccc1. The van der Waals surface area contributed by atoms with Crippen LogP contribution in [0.25, 0.3) is 0 Å². The average molecular weight is 329 g/mol. The molecular weight excluding hydrogens is 315 g/mol. The molecule has 2 nitrogen and oxygen atoms in total. The van der Waals surface area contributed by atoms with Crippen molar-refractivity contribution in [3.63, 3.8) is 0 Å². The van der Waals surface area contributed by atoms with Crippen LogP contribution in [0.3, 0.4) is 0 Å². The van der Waals surface area contributed by atoms with Crippen molar-refractivity contribution in [1.82, 2.24) is 0 Å². The Labute approximate surface area is 112 Å². The van der Waals surface area contributed by atoms with Gasteiger partial charge in [-0.3, -0.25) is 0 Å². The molecule has 0 aliphatic heterocycles. The third-order valence-corrected chi connectivity index (χ3v) is 7.10. The molecule has 1 radical (unpaired) electrons. The van der Waals surface area contributed by atoms with Crippen molar-refractivity contribution in [2.75, 3.05) is 6.61 Å². The molecule has 1 aromatic rings. The van der Waals surface area contributed by atoms with Crippen LogP contribution in [0.2, 0.25) is 0 Å². The van der Waals surface area contributed by atoms with E-state index in [-0.39, 0.29) is 16.1 Å². The third kappa shape index (κ3) is 3.33. The second-order valence-electron chi connectivity index (χ2n) is 4.07. The third-order valence-electron chi connectivity index (χ3n) is 2.86. The van der Waals surface area contributed by atoms with Gasteiger partial charge in [0.2, 0.25) is 0 Å². The number of carbonyl (C=O) groups is 1. The van der Waals surface area contributed by atoms with Gasteiger partial charge in [-0.25, -0.2) is 0 Å². The Morgan fingerprint density at radius 3 is 2.71 bits per heavy atom. The van der Waals surface area contributed by atoms with Crippen LogP contribution in [0.1, 0.15) is 17.9 Å². The number of carbonyl (C=O) groups excluding carboxylic acids is 1. The molecule has 85 valence electrons. The molecule has 1 N–H and O–H groups in total. The van der Waals surface area contributed by atoms with Gasteiger partial charge in [0, 0.05) is 0 Å². The maximum absolute atomic E-state index is 12.2. The molecule has 1 aromatic carbocycles. The van der Waals surface area contributed by atoms with Crippen LogP contribution in [-0.4, -0.2) is 38.2 Å². The molecule has 0 spiro atoms. The predicted molar refractivity (Wildman–Crippen MR) is 68.9 cm³/mol. The Bertz CT molecular complexity index is 449. The van der Waals surface area contributed by atoms with E-state index in [1.807, 2.05) is 36.4 Å². The molecular formula is C14H14InO2. The Hall–Kier alpha value is -0.800. The summed E-state index contributed by atoms with van der Waals surface area (Å²) in [7, 11) is 0. The van der Waals surface area contributed by atoms with E-state index in [9.17, 15) is 9.90 Å². The molecule has 0 bridgehead atoms. The van der Waals surface area contributed by atoms with Crippen LogP contribution < -0.4 is 0 Å². The molecule has 3 heteroatoms.